The number of methoxy groups -OCH3 is 1. The number of para-hydroxylation sites is 1. The van der Waals surface area contributed by atoms with E-state index in [2.05, 4.69) is 5.32 Å². The molecule has 1 rings (SSSR count). The number of aliphatic hydroxyl groups is 1. The van der Waals surface area contributed by atoms with Crippen molar-refractivity contribution in [2.24, 2.45) is 0 Å². The summed E-state index contributed by atoms with van der Waals surface area (Å²) in [6.45, 7) is 1.62. The molecule has 1 amide bonds. The summed E-state index contributed by atoms with van der Waals surface area (Å²) in [4.78, 5) is 11.7. The molecular weight excluding hydrogens is 232 g/mol. The molecule has 1 unspecified atom stereocenters. The highest BCUT2D eigenvalue weighted by atomic mass is 16.5. The molecule has 0 heterocycles. The van der Waals surface area contributed by atoms with Gasteiger partial charge in [0, 0.05) is 6.42 Å². The number of carbonyl (C=O) groups is 1. The van der Waals surface area contributed by atoms with E-state index in [1.807, 2.05) is 6.07 Å². The van der Waals surface area contributed by atoms with E-state index in [1.54, 1.807) is 25.1 Å². The van der Waals surface area contributed by atoms with Crippen LogP contribution in [-0.4, -0.2) is 24.2 Å². The molecule has 0 spiro atoms. The summed E-state index contributed by atoms with van der Waals surface area (Å²) >= 11 is 0. The number of hydrogen-bond acceptors (Lipinski definition) is 4. The number of nitrogens with one attached hydrogen (secondary N) is 1. The number of nitrogens with zero attached hydrogens (tertiary/aromatic N) is 1. The molecule has 0 aliphatic heterocycles. The van der Waals surface area contributed by atoms with Crippen molar-refractivity contribution in [2.75, 3.05) is 12.4 Å². The first kappa shape index (κ1) is 14.0. The Balaban J connectivity index is 2.83. The maximum Gasteiger partial charge on any atom is 0.224 e. The topological polar surface area (TPSA) is 82.3 Å². The van der Waals surface area contributed by atoms with Gasteiger partial charge in [-0.25, -0.2) is 0 Å². The second-order valence-electron chi connectivity index (χ2n) is 3.93. The summed E-state index contributed by atoms with van der Waals surface area (Å²) in [6.07, 6.45) is 0.0487. The largest absolute Gasteiger partial charge is 0.495 e. The molecule has 96 valence electrons. The lowest BCUT2D eigenvalue weighted by Gasteiger charge is -2.11. The molecule has 0 aliphatic rings. The Morgan fingerprint density at radius 3 is 2.89 bits per heavy atom. The van der Waals surface area contributed by atoms with Crippen LogP contribution in [0.25, 0.3) is 0 Å². The van der Waals surface area contributed by atoms with Crippen LogP contribution in [0.1, 0.15) is 25.3 Å². The van der Waals surface area contributed by atoms with Gasteiger partial charge in [0.2, 0.25) is 5.91 Å². The summed E-state index contributed by atoms with van der Waals surface area (Å²) in [7, 11) is 1.47. The van der Waals surface area contributed by atoms with Gasteiger partial charge in [-0.2, -0.15) is 5.26 Å². The van der Waals surface area contributed by atoms with E-state index in [9.17, 15) is 4.79 Å². The lowest BCUT2D eigenvalue weighted by molar-refractivity contribution is -0.116. The van der Waals surface area contributed by atoms with Crippen LogP contribution in [0.3, 0.4) is 0 Å². The van der Waals surface area contributed by atoms with Gasteiger partial charge in [0.15, 0.2) is 0 Å². The number of carbonyl (C=O) groups excluding carboxylic acids is 1. The molecule has 2 N–H and O–H groups in total. The van der Waals surface area contributed by atoms with Crippen LogP contribution >= 0.6 is 0 Å². The Labute approximate surface area is 106 Å². The molecule has 0 saturated carbocycles. The third-order valence-electron chi connectivity index (χ3n) is 2.42. The van der Waals surface area contributed by atoms with E-state index in [-0.39, 0.29) is 12.3 Å². The molecule has 0 radical (unpaired) electrons. The smallest absolute Gasteiger partial charge is 0.224 e. The molecule has 1 atom stereocenters. The Bertz CT molecular complexity index is 464. The van der Waals surface area contributed by atoms with Crippen LogP contribution in [0.15, 0.2) is 18.2 Å². The molecule has 1 aromatic carbocycles. The first-order valence-electron chi connectivity index (χ1n) is 5.63. The maximum absolute atomic E-state index is 11.7. The van der Waals surface area contributed by atoms with Crippen molar-refractivity contribution in [3.63, 3.8) is 0 Å². The molecule has 0 fully saturated rings. The van der Waals surface area contributed by atoms with E-state index >= 15 is 0 Å². The van der Waals surface area contributed by atoms with Crippen molar-refractivity contribution in [2.45, 2.75) is 25.9 Å². The monoisotopic (exact) mass is 248 g/mol. The van der Waals surface area contributed by atoms with Crippen molar-refractivity contribution < 1.29 is 14.6 Å². The molecule has 0 aliphatic carbocycles. The average molecular weight is 248 g/mol. The maximum atomic E-state index is 11.7. The summed E-state index contributed by atoms with van der Waals surface area (Å²) in [6, 6.07) is 6.96. The van der Waals surface area contributed by atoms with E-state index in [0.29, 0.717) is 23.4 Å². The van der Waals surface area contributed by atoms with Gasteiger partial charge in [0.05, 0.1) is 18.8 Å². The zero-order valence-electron chi connectivity index (χ0n) is 10.4. The number of ether oxygens (including phenoxy) is 1. The van der Waals surface area contributed by atoms with Crippen LogP contribution in [0.4, 0.5) is 5.69 Å². The van der Waals surface area contributed by atoms with Crippen LogP contribution in [0.5, 0.6) is 5.75 Å². The Morgan fingerprint density at radius 1 is 1.61 bits per heavy atom. The van der Waals surface area contributed by atoms with Crippen molar-refractivity contribution >= 4 is 11.6 Å². The van der Waals surface area contributed by atoms with Gasteiger partial charge >= 0.3 is 0 Å². The molecule has 0 aromatic heterocycles. The number of nitriles is 1. The first-order valence-corrected chi connectivity index (χ1v) is 5.63. The summed E-state index contributed by atoms with van der Waals surface area (Å²) in [5.41, 5.74) is 0.720. The highest BCUT2D eigenvalue weighted by Crippen LogP contribution is 2.27. The van der Waals surface area contributed by atoms with Crippen LogP contribution in [-0.2, 0) is 4.79 Å². The van der Waals surface area contributed by atoms with Crippen LogP contribution in [0.2, 0.25) is 0 Å². The van der Waals surface area contributed by atoms with Crippen molar-refractivity contribution in [1.29, 1.82) is 5.26 Å². The van der Waals surface area contributed by atoms with Gasteiger partial charge in [-0.05, 0) is 25.5 Å². The van der Waals surface area contributed by atoms with Crippen molar-refractivity contribution in [3.8, 4) is 11.8 Å². The third kappa shape index (κ3) is 3.75. The first-order chi connectivity index (χ1) is 8.58. The fraction of sp³-hybridized carbons (Fsp3) is 0.385. The number of benzene rings is 1. The molecular formula is C13H16N2O3. The average Bonchev–Trinajstić information content (AvgIpc) is 2.36. The zero-order valence-corrected chi connectivity index (χ0v) is 10.4. The lowest BCUT2D eigenvalue weighted by atomic mass is 10.1. The van der Waals surface area contributed by atoms with E-state index in [4.69, 9.17) is 15.1 Å². The van der Waals surface area contributed by atoms with E-state index in [0.717, 1.165) is 0 Å². The highest BCUT2D eigenvalue weighted by molar-refractivity contribution is 5.93. The molecule has 5 nitrogen and oxygen atoms in total. The minimum absolute atomic E-state index is 0.195. The summed E-state index contributed by atoms with van der Waals surface area (Å²) in [5.74, 6) is 0.191. The van der Waals surface area contributed by atoms with Gasteiger partial charge in [-0.3, -0.25) is 4.79 Å². The zero-order chi connectivity index (χ0) is 13.5. The SMILES string of the molecule is COc1cccc(C#N)c1NC(=O)CCC(C)O. The summed E-state index contributed by atoms with van der Waals surface area (Å²) < 4.78 is 5.10. The van der Waals surface area contributed by atoms with Gasteiger partial charge in [0.1, 0.15) is 17.5 Å². The normalized spacial score (nSPS) is 11.4. The van der Waals surface area contributed by atoms with E-state index in [1.165, 1.54) is 7.11 Å². The minimum Gasteiger partial charge on any atom is -0.495 e. The highest BCUT2D eigenvalue weighted by Gasteiger charge is 2.12. The van der Waals surface area contributed by atoms with Crippen LogP contribution < -0.4 is 10.1 Å². The van der Waals surface area contributed by atoms with Crippen molar-refractivity contribution in [3.05, 3.63) is 23.8 Å². The fourth-order valence-corrected chi connectivity index (χ4v) is 1.47. The van der Waals surface area contributed by atoms with E-state index < -0.39 is 6.10 Å². The van der Waals surface area contributed by atoms with Gasteiger partial charge in [-0.1, -0.05) is 6.07 Å². The minimum atomic E-state index is -0.524. The Morgan fingerprint density at radius 2 is 2.33 bits per heavy atom. The Kier molecular flexibility index (Phi) is 5.15. The van der Waals surface area contributed by atoms with Crippen molar-refractivity contribution in [1.82, 2.24) is 0 Å². The molecule has 0 saturated heterocycles. The fourth-order valence-electron chi connectivity index (χ4n) is 1.47. The lowest BCUT2D eigenvalue weighted by Crippen LogP contribution is -2.15. The number of rotatable bonds is 5. The van der Waals surface area contributed by atoms with Gasteiger partial charge in [0.25, 0.3) is 0 Å². The Hall–Kier alpha value is -2.06. The standard InChI is InChI=1S/C13H16N2O3/c1-9(16)6-7-12(17)15-13-10(8-14)4-3-5-11(13)18-2/h3-5,9,16H,6-7H2,1-2H3,(H,15,17). The molecule has 5 heteroatoms. The van der Waals surface area contributed by atoms with Gasteiger partial charge in [-0.15, -0.1) is 0 Å². The molecule has 18 heavy (non-hydrogen) atoms. The number of anilines is 1. The number of hydrogen-bond donors (Lipinski definition) is 2. The van der Waals surface area contributed by atoms with Crippen LogP contribution in [0, 0.1) is 11.3 Å². The quantitative estimate of drug-likeness (QED) is 0.830. The predicted octanol–water partition coefficient (Wildman–Crippen LogP) is 1.67. The van der Waals surface area contributed by atoms with Gasteiger partial charge < -0.3 is 15.2 Å². The second-order valence-corrected chi connectivity index (χ2v) is 3.93. The molecule has 0 bridgehead atoms. The summed E-state index contributed by atoms with van der Waals surface area (Å²) in [5, 5.41) is 20.7. The number of amides is 1. The third-order valence-corrected chi connectivity index (χ3v) is 2.42. The molecule has 1 aromatic rings. The predicted molar refractivity (Wildman–Crippen MR) is 67.3 cm³/mol. The number of aliphatic hydroxyl groups excluding tert-OH is 1. The second kappa shape index (κ2) is 6.62.